The van der Waals surface area contributed by atoms with Crippen LogP contribution in [0.1, 0.15) is 53.5 Å². The zero-order valence-electron chi connectivity index (χ0n) is 20.5. The zero-order chi connectivity index (χ0) is 24.7. The summed E-state index contributed by atoms with van der Waals surface area (Å²) < 4.78 is 16.6. The smallest absolute Gasteiger partial charge is 0.252 e. The van der Waals surface area contributed by atoms with E-state index in [1.165, 1.54) is 6.07 Å². The highest BCUT2D eigenvalue weighted by Crippen LogP contribution is 2.33. The molecule has 7 heteroatoms. The highest BCUT2D eigenvalue weighted by molar-refractivity contribution is 5.99. The minimum absolute atomic E-state index is 0.0123. The van der Waals surface area contributed by atoms with Crippen LogP contribution in [0.2, 0.25) is 0 Å². The van der Waals surface area contributed by atoms with E-state index in [-0.39, 0.29) is 17.8 Å². The molecule has 1 atom stereocenters. The summed E-state index contributed by atoms with van der Waals surface area (Å²) >= 11 is 0. The number of amides is 1. The van der Waals surface area contributed by atoms with E-state index in [1.807, 2.05) is 48.7 Å². The molecule has 3 heterocycles. The van der Waals surface area contributed by atoms with E-state index in [4.69, 9.17) is 0 Å². The number of nitrogens with zero attached hydrogens (tertiary/aromatic N) is 3. The SMILES string of the molecule is Cc1ccc(F)c2c1cc(C)n2CCNc1cc(-c2ccc3c(c2)C(CC(C)C)NC3=O)ncn1. The Labute approximate surface area is 204 Å². The highest BCUT2D eigenvalue weighted by atomic mass is 19.1. The standard InChI is InChI=1S/C28H30FN5O/c1-16(2)11-25-22-13-19(6-7-20(22)28(35)33-25)24-14-26(32-15-31-24)30-9-10-34-18(4)12-21-17(3)5-8-23(29)27(21)34/h5-8,12-16,25H,9-11H2,1-4H3,(H,33,35)(H,30,31,32). The first kappa shape index (κ1) is 23.0. The van der Waals surface area contributed by atoms with Gasteiger partial charge in [0.2, 0.25) is 0 Å². The van der Waals surface area contributed by atoms with Gasteiger partial charge in [-0.1, -0.05) is 26.0 Å². The maximum absolute atomic E-state index is 14.6. The fourth-order valence-corrected chi connectivity index (χ4v) is 4.99. The van der Waals surface area contributed by atoms with Crippen LogP contribution in [0.25, 0.3) is 22.2 Å². The number of aromatic nitrogens is 3. The van der Waals surface area contributed by atoms with Gasteiger partial charge in [-0.05, 0) is 61.6 Å². The summed E-state index contributed by atoms with van der Waals surface area (Å²) in [5.41, 5.74) is 6.24. The lowest BCUT2D eigenvalue weighted by molar-refractivity contribution is 0.0953. The molecule has 0 saturated carbocycles. The van der Waals surface area contributed by atoms with Crippen molar-refractivity contribution in [3.8, 4) is 11.3 Å². The predicted molar refractivity (Wildman–Crippen MR) is 137 cm³/mol. The highest BCUT2D eigenvalue weighted by Gasteiger charge is 2.29. The number of benzene rings is 2. The molecule has 0 bridgehead atoms. The van der Waals surface area contributed by atoms with E-state index in [0.717, 1.165) is 45.4 Å². The Morgan fingerprint density at radius 2 is 1.94 bits per heavy atom. The molecule has 0 spiro atoms. The summed E-state index contributed by atoms with van der Waals surface area (Å²) in [6.45, 7) is 9.52. The van der Waals surface area contributed by atoms with Gasteiger partial charge in [0.05, 0.1) is 17.3 Å². The molecule has 35 heavy (non-hydrogen) atoms. The number of hydrogen-bond acceptors (Lipinski definition) is 4. The molecule has 2 aromatic carbocycles. The Hall–Kier alpha value is -3.74. The van der Waals surface area contributed by atoms with Crippen molar-refractivity contribution in [1.82, 2.24) is 19.9 Å². The first-order valence-corrected chi connectivity index (χ1v) is 12.1. The Kier molecular flexibility index (Phi) is 6.01. The Balaban J connectivity index is 1.34. The van der Waals surface area contributed by atoms with Crippen LogP contribution in [-0.4, -0.2) is 27.0 Å². The summed E-state index contributed by atoms with van der Waals surface area (Å²) in [5, 5.41) is 7.40. The Morgan fingerprint density at radius 1 is 1.11 bits per heavy atom. The van der Waals surface area contributed by atoms with Crippen molar-refractivity contribution in [1.29, 1.82) is 0 Å². The molecule has 5 rings (SSSR count). The molecule has 2 aromatic heterocycles. The first-order chi connectivity index (χ1) is 16.8. The molecule has 1 amide bonds. The van der Waals surface area contributed by atoms with Crippen LogP contribution in [0.15, 0.2) is 48.8 Å². The van der Waals surface area contributed by atoms with Crippen LogP contribution < -0.4 is 10.6 Å². The molecule has 180 valence electrons. The molecule has 4 aromatic rings. The second kappa shape index (κ2) is 9.13. The van der Waals surface area contributed by atoms with Gasteiger partial charge in [-0.2, -0.15) is 0 Å². The van der Waals surface area contributed by atoms with Crippen LogP contribution in [0.4, 0.5) is 10.2 Å². The van der Waals surface area contributed by atoms with Crippen molar-refractivity contribution in [3.63, 3.8) is 0 Å². The molecule has 0 saturated heterocycles. The number of hydrogen-bond donors (Lipinski definition) is 2. The third kappa shape index (κ3) is 4.38. The van der Waals surface area contributed by atoms with E-state index >= 15 is 0 Å². The number of halogens is 1. The fraction of sp³-hybridized carbons (Fsp3) is 0.321. The van der Waals surface area contributed by atoms with Crippen molar-refractivity contribution >= 4 is 22.6 Å². The molecule has 0 radical (unpaired) electrons. The average Bonchev–Trinajstić information content (AvgIpc) is 3.33. The van der Waals surface area contributed by atoms with Crippen LogP contribution in [0.5, 0.6) is 0 Å². The van der Waals surface area contributed by atoms with Gasteiger partial charge in [-0.3, -0.25) is 4.79 Å². The number of aryl methyl sites for hydroxylation is 2. The third-order valence-corrected chi connectivity index (χ3v) is 6.72. The number of carbonyl (C=O) groups excluding carboxylic acids is 1. The number of rotatable bonds is 7. The second-order valence-electron chi connectivity index (χ2n) is 9.74. The maximum Gasteiger partial charge on any atom is 0.252 e. The monoisotopic (exact) mass is 471 g/mol. The van der Waals surface area contributed by atoms with Crippen molar-refractivity contribution in [2.24, 2.45) is 5.92 Å². The van der Waals surface area contributed by atoms with Gasteiger partial charge in [0.15, 0.2) is 0 Å². The second-order valence-corrected chi connectivity index (χ2v) is 9.74. The van der Waals surface area contributed by atoms with E-state index in [9.17, 15) is 9.18 Å². The van der Waals surface area contributed by atoms with Gasteiger partial charge in [0.1, 0.15) is 18.0 Å². The topological polar surface area (TPSA) is 71.8 Å². The van der Waals surface area contributed by atoms with Gasteiger partial charge in [-0.25, -0.2) is 14.4 Å². The van der Waals surface area contributed by atoms with Gasteiger partial charge in [0.25, 0.3) is 5.91 Å². The fourth-order valence-electron chi connectivity index (χ4n) is 4.99. The predicted octanol–water partition coefficient (Wildman–Crippen LogP) is 5.80. The molecular weight excluding hydrogens is 441 g/mol. The number of carbonyl (C=O) groups is 1. The lowest BCUT2D eigenvalue weighted by atomic mass is 9.94. The minimum Gasteiger partial charge on any atom is -0.368 e. The normalized spacial score (nSPS) is 15.0. The van der Waals surface area contributed by atoms with E-state index < -0.39 is 0 Å². The van der Waals surface area contributed by atoms with E-state index in [2.05, 4.69) is 40.5 Å². The van der Waals surface area contributed by atoms with Gasteiger partial charge in [0, 0.05) is 41.4 Å². The quantitative estimate of drug-likeness (QED) is 0.358. The Bertz CT molecular complexity index is 1420. The molecule has 1 unspecified atom stereocenters. The molecule has 0 fully saturated rings. The van der Waals surface area contributed by atoms with Crippen LogP contribution >= 0.6 is 0 Å². The molecule has 2 N–H and O–H groups in total. The van der Waals surface area contributed by atoms with Crippen LogP contribution in [0, 0.1) is 25.6 Å². The maximum atomic E-state index is 14.6. The van der Waals surface area contributed by atoms with E-state index in [0.29, 0.717) is 30.3 Å². The van der Waals surface area contributed by atoms with E-state index in [1.54, 1.807) is 6.33 Å². The number of nitrogens with one attached hydrogen (secondary N) is 2. The van der Waals surface area contributed by atoms with Gasteiger partial charge >= 0.3 is 0 Å². The van der Waals surface area contributed by atoms with Crippen LogP contribution in [0.3, 0.4) is 0 Å². The first-order valence-electron chi connectivity index (χ1n) is 12.1. The summed E-state index contributed by atoms with van der Waals surface area (Å²) in [6.07, 6.45) is 2.44. The van der Waals surface area contributed by atoms with Crippen molar-refractivity contribution < 1.29 is 9.18 Å². The van der Waals surface area contributed by atoms with Crippen molar-refractivity contribution in [2.75, 3.05) is 11.9 Å². The van der Waals surface area contributed by atoms with Crippen molar-refractivity contribution in [2.45, 2.75) is 46.7 Å². The largest absolute Gasteiger partial charge is 0.368 e. The van der Waals surface area contributed by atoms with Crippen molar-refractivity contribution in [3.05, 3.63) is 77.0 Å². The molecular formula is C28H30FN5O. The minimum atomic E-state index is -0.205. The molecule has 0 aliphatic carbocycles. The summed E-state index contributed by atoms with van der Waals surface area (Å²) in [5.74, 6) is 0.961. The van der Waals surface area contributed by atoms with Crippen LogP contribution in [-0.2, 0) is 6.54 Å². The lowest BCUT2D eigenvalue weighted by Gasteiger charge is -2.15. The summed E-state index contributed by atoms with van der Waals surface area (Å²) in [6, 6.07) is 13.2. The number of anilines is 1. The summed E-state index contributed by atoms with van der Waals surface area (Å²) in [7, 11) is 0. The Morgan fingerprint density at radius 3 is 2.74 bits per heavy atom. The third-order valence-electron chi connectivity index (χ3n) is 6.72. The number of fused-ring (bicyclic) bond motifs is 2. The molecule has 6 nitrogen and oxygen atoms in total. The molecule has 1 aliphatic rings. The summed E-state index contributed by atoms with van der Waals surface area (Å²) in [4.78, 5) is 21.2. The van der Waals surface area contributed by atoms with Gasteiger partial charge in [-0.15, -0.1) is 0 Å². The lowest BCUT2D eigenvalue weighted by Crippen LogP contribution is -2.20. The average molecular weight is 472 g/mol. The molecule has 1 aliphatic heterocycles. The van der Waals surface area contributed by atoms with Gasteiger partial charge < -0.3 is 15.2 Å². The zero-order valence-corrected chi connectivity index (χ0v) is 20.5.